The maximum absolute atomic E-state index is 5.22. The maximum atomic E-state index is 5.22. The van der Waals surface area contributed by atoms with E-state index in [9.17, 15) is 0 Å². The standard InChI is InChI=1S/C9H7O/c1-7-3-2-4-8-5-6-10-9(7)8/h2,4-6H,1H3. The van der Waals surface area contributed by atoms with Crippen LogP contribution in [0.4, 0.5) is 0 Å². The molecule has 0 N–H and O–H groups in total. The molecule has 1 radical (unpaired) electrons. The van der Waals surface area contributed by atoms with Crippen LogP contribution in [-0.4, -0.2) is 0 Å². The SMILES string of the molecule is Cc1[c]ccc2ccoc12. The predicted molar refractivity (Wildman–Crippen MR) is 39.8 cm³/mol. The summed E-state index contributed by atoms with van der Waals surface area (Å²) >= 11 is 0. The minimum atomic E-state index is 0.947. The third-order valence-electron chi connectivity index (χ3n) is 1.60. The van der Waals surface area contributed by atoms with Gasteiger partial charge in [0.1, 0.15) is 5.58 Å². The van der Waals surface area contributed by atoms with E-state index in [-0.39, 0.29) is 0 Å². The van der Waals surface area contributed by atoms with Crippen molar-refractivity contribution in [2.75, 3.05) is 0 Å². The minimum Gasteiger partial charge on any atom is -0.464 e. The normalized spacial score (nSPS) is 10.5. The molecule has 49 valence electrons. The first-order valence-electron chi connectivity index (χ1n) is 3.22. The van der Waals surface area contributed by atoms with Crippen molar-refractivity contribution in [1.29, 1.82) is 0 Å². The molecule has 0 atom stereocenters. The molecule has 0 saturated carbocycles. The second-order valence-electron chi connectivity index (χ2n) is 2.31. The summed E-state index contributed by atoms with van der Waals surface area (Å²) in [5.74, 6) is 0. The van der Waals surface area contributed by atoms with Gasteiger partial charge in [-0.1, -0.05) is 12.1 Å². The Morgan fingerprint density at radius 3 is 3.10 bits per heavy atom. The quantitative estimate of drug-likeness (QED) is 0.535. The van der Waals surface area contributed by atoms with Crippen LogP contribution in [0.1, 0.15) is 5.56 Å². The zero-order valence-electron chi connectivity index (χ0n) is 5.72. The van der Waals surface area contributed by atoms with Crippen molar-refractivity contribution in [2.45, 2.75) is 6.92 Å². The van der Waals surface area contributed by atoms with Gasteiger partial charge in [0.15, 0.2) is 0 Å². The van der Waals surface area contributed by atoms with Crippen LogP contribution in [0.15, 0.2) is 28.9 Å². The number of fused-ring (bicyclic) bond motifs is 1. The number of rotatable bonds is 0. The first kappa shape index (κ1) is 5.54. The van der Waals surface area contributed by atoms with Crippen LogP contribution in [0.5, 0.6) is 0 Å². The van der Waals surface area contributed by atoms with Crippen molar-refractivity contribution in [1.82, 2.24) is 0 Å². The number of aryl methyl sites for hydroxylation is 1. The first-order chi connectivity index (χ1) is 4.88. The molecule has 0 bridgehead atoms. The fourth-order valence-electron chi connectivity index (χ4n) is 1.08. The molecule has 2 rings (SSSR count). The van der Waals surface area contributed by atoms with Gasteiger partial charge in [-0.25, -0.2) is 0 Å². The minimum absolute atomic E-state index is 0.947. The molecule has 0 amide bonds. The highest BCUT2D eigenvalue weighted by Crippen LogP contribution is 2.17. The van der Waals surface area contributed by atoms with Crippen molar-refractivity contribution < 1.29 is 4.42 Å². The van der Waals surface area contributed by atoms with Gasteiger partial charge >= 0.3 is 0 Å². The van der Waals surface area contributed by atoms with Crippen LogP contribution in [0, 0.1) is 13.0 Å². The Kier molecular flexibility index (Phi) is 1.04. The summed E-state index contributed by atoms with van der Waals surface area (Å²) in [5, 5.41) is 1.15. The lowest BCUT2D eigenvalue weighted by molar-refractivity contribution is 0.613. The summed E-state index contributed by atoms with van der Waals surface area (Å²) in [6, 6.07) is 8.92. The molecule has 1 nitrogen and oxygen atoms in total. The van der Waals surface area contributed by atoms with E-state index in [2.05, 4.69) is 6.07 Å². The molecule has 0 fully saturated rings. The highest BCUT2D eigenvalue weighted by molar-refractivity contribution is 5.79. The third kappa shape index (κ3) is 0.637. The van der Waals surface area contributed by atoms with Gasteiger partial charge in [-0.3, -0.25) is 0 Å². The van der Waals surface area contributed by atoms with Crippen molar-refractivity contribution in [3.63, 3.8) is 0 Å². The number of hydrogen-bond acceptors (Lipinski definition) is 1. The lowest BCUT2D eigenvalue weighted by Gasteiger charge is -1.89. The van der Waals surface area contributed by atoms with Crippen LogP contribution in [0.3, 0.4) is 0 Å². The highest BCUT2D eigenvalue weighted by Gasteiger charge is 1.96. The second kappa shape index (κ2) is 1.87. The van der Waals surface area contributed by atoms with Crippen LogP contribution < -0.4 is 0 Å². The lowest BCUT2D eigenvalue weighted by Crippen LogP contribution is -1.70. The van der Waals surface area contributed by atoms with E-state index in [1.54, 1.807) is 6.26 Å². The molecule has 0 aliphatic heterocycles. The molecule has 2 aromatic rings. The van der Waals surface area contributed by atoms with E-state index in [4.69, 9.17) is 4.42 Å². The molecular formula is C9H7O. The van der Waals surface area contributed by atoms with Crippen LogP contribution in [0.2, 0.25) is 0 Å². The molecule has 0 unspecified atom stereocenters. The van der Waals surface area contributed by atoms with Crippen LogP contribution in [0.25, 0.3) is 11.0 Å². The number of hydrogen-bond donors (Lipinski definition) is 0. The second-order valence-corrected chi connectivity index (χ2v) is 2.31. The van der Waals surface area contributed by atoms with Crippen molar-refractivity contribution in [3.8, 4) is 0 Å². The van der Waals surface area contributed by atoms with E-state index < -0.39 is 0 Å². The van der Waals surface area contributed by atoms with Crippen LogP contribution >= 0.6 is 0 Å². The Hall–Kier alpha value is -1.24. The van der Waals surface area contributed by atoms with Gasteiger partial charge < -0.3 is 4.42 Å². The molecular weight excluding hydrogens is 124 g/mol. The fraction of sp³-hybridized carbons (Fsp3) is 0.111. The van der Waals surface area contributed by atoms with E-state index >= 15 is 0 Å². The van der Waals surface area contributed by atoms with Crippen molar-refractivity contribution in [2.24, 2.45) is 0 Å². The molecule has 0 aliphatic rings. The van der Waals surface area contributed by atoms with E-state index in [0.29, 0.717) is 0 Å². The summed E-state index contributed by atoms with van der Waals surface area (Å²) in [7, 11) is 0. The molecule has 0 spiro atoms. The Bertz CT molecular complexity index is 346. The van der Waals surface area contributed by atoms with Crippen molar-refractivity contribution >= 4 is 11.0 Å². The Balaban J connectivity index is 2.95. The summed E-state index contributed by atoms with van der Waals surface area (Å²) in [5.41, 5.74) is 2.02. The molecule has 0 saturated heterocycles. The fourth-order valence-corrected chi connectivity index (χ4v) is 1.08. The first-order valence-corrected chi connectivity index (χ1v) is 3.22. The summed E-state index contributed by atoms with van der Waals surface area (Å²) in [4.78, 5) is 0. The van der Waals surface area contributed by atoms with E-state index in [1.807, 2.05) is 25.1 Å². The number of furan rings is 1. The monoisotopic (exact) mass is 131 g/mol. The Morgan fingerprint density at radius 2 is 2.30 bits per heavy atom. The Labute approximate surface area is 59.3 Å². The van der Waals surface area contributed by atoms with E-state index in [1.165, 1.54) is 0 Å². The molecule has 1 aromatic carbocycles. The zero-order chi connectivity index (χ0) is 6.97. The predicted octanol–water partition coefficient (Wildman–Crippen LogP) is 2.54. The van der Waals surface area contributed by atoms with Gasteiger partial charge in [-0.15, -0.1) is 0 Å². The molecule has 1 aromatic heterocycles. The summed E-state index contributed by atoms with van der Waals surface area (Å²) < 4.78 is 5.22. The van der Waals surface area contributed by atoms with Crippen LogP contribution in [-0.2, 0) is 0 Å². The number of benzene rings is 1. The average Bonchev–Trinajstić information content (AvgIpc) is 2.36. The molecule has 10 heavy (non-hydrogen) atoms. The molecule has 1 heteroatoms. The van der Waals surface area contributed by atoms with Gasteiger partial charge in [0.2, 0.25) is 0 Å². The average molecular weight is 131 g/mol. The largest absolute Gasteiger partial charge is 0.464 e. The van der Waals surface area contributed by atoms with E-state index in [0.717, 1.165) is 16.5 Å². The maximum Gasteiger partial charge on any atom is 0.137 e. The van der Waals surface area contributed by atoms with Gasteiger partial charge in [0.25, 0.3) is 0 Å². The summed E-state index contributed by atoms with van der Waals surface area (Å²) in [6.07, 6.45) is 1.70. The zero-order valence-corrected chi connectivity index (χ0v) is 5.72. The highest BCUT2D eigenvalue weighted by atomic mass is 16.3. The van der Waals surface area contributed by atoms with Crippen molar-refractivity contribution in [3.05, 3.63) is 36.1 Å². The smallest absolute Gasteiger partial charge is 0.137 e. The molecule has 1 heterocycles. The topological polar surface area (TPSA) is 13.1 Å². The molecule has 0 aliphatic carbocycles. The summed E-state index contributed by atoms with van der Waals surface area (Å²) in [6.45, 7) is 1.99. The van der Waals surface area contributed by atoms with Gasteiger partial charge in [0, 0.05) is 10.9 Å². The third-order valence-corrected chi connectivity index (χ3v) is 1.60. The lowest BCUT2D eigenvalue weighted by atomic mass is 10.2. The van der Waals surface area contributed by atoms with Gasteiger partial charge in [0.05, 0.1) is 6.26 Å². The van der Waals surface area contributed by atoms with Gasteiger partial charge in [-0.05, 0) is 19.1 Å². The van der Waals surface area contributed by atoms with Gasteiger partial charge in [-0.2, -0.15) is 0 Å². The Morgan fingerprint density at radius 1 is 1.40 bits per heavy atom.